The number of hydrogen-bond acceptors (Lipinski definition) is 1. The molecule has 0 N–H and O–H groups in total. The number of hydrogen-bond donors (Lipinski definition) is 0. The zero-order valence-corrected chi connectivity index (χ0v) is 12.0. The number of aromatic nitrogens is 2. The Bertz CT molecular complexity index is 304. The van der Waals surface area contributed by atoms with E-state index in [-0.39, 0.29) is 0 Å². The van der Waals surface area contributed by atoms with Crippen LogP contribution in [0.3, 0.4) is 0 Å². The molecule has 1 aliphatic rings. The molecular formula is C10H14BrIN2. The first-order valence-electron chi connectivity index (χ1n) is 5.07. The molecule has 2 nitrogen and oxygen atoms in total. The van der Waals surface area contributed by atoms with Crippen LogP contribution in [-0.2, 0) is 0 Å². The van der Waals surface area contributed by atoms with Crippen molar-refractivity contribution in [3.05, 3.63) is 14.4 Å². The first-order chi connectivity index (χ1) is 6.66. The van der Waals surface area contributed by atoms with E-state index in [4.69, 9.17) is 0 Å². The summed E-state index contributed by atoms with van der Waals surface area (Å²) in [5.74, 6) is 0.856. The lowest BCUT2D eigenvalue weighted by molar-refractivity contribution is 0.266. The summed E-state index contributed by atoms with van der Waals surface area (Å²) in [6.07, 6.45) is 7.42. The summed E-state index contributed by atoms with van der Waals surface area (Å²) < 4.78 is 4.33. The minimum Gasteiger partial charge on any atom is -0.267 e. The second kappa shape index (κ2) is 4.51. The van der Waals surface area contributed by atoms with E-state index < -0.39 is 0 Å². The van der Waals surface area contributed by atoms with E-state index in [1.54, 1.807) is 0 Å². The van der Waals surface area contributed by atoms with Crippen LogP contribution in [0, 0.1) is 9.62 Å². The average Bonchev–Trinajstić information content (AvgIpc) is 2.47. The predicted octanol–water partition coefficient (Wildman–Crippen LogP) is 4.00. The summed E-state index contributed by atoms with van der Waals surface area (Å²) in [7, 11) is 0. The Kier molecular flexibility index (Phi) is 3.52. The van der Waals surface area contributed by atoms with E-state index in [1.165, 1.54) is 25.7 Å². The third-order valence-corrected chi connectivity index (χ3v) is 5.05. The maximum absolute atomic E-state index is 4.52. The molecule has 0 spiro atoms. The molecule has 0 radical (unpaired) electrons. The minimum absolute atomic E-state index is 0.624. The SMILES string of the molecule is CC1CCCC(n2cc(Br)c(I)n2)C1. The fourth-order valence-corrected chi connectivity index (χ4v) is 2.85. The van der Waals surface area contributed by atoms with Gasteiger partial charge in [-0.1, -0.05) is 19.8 Å². The Balaban J connectivity index is 2.14. The predicted molar refractivity (Wildman–Crippen MR) is 69.3 cm³/mol. The van der Waals surface area contributed by atoms with Gasteiger partial charge in [0.25, 0.3) is 0 Å². The van der Waals surface area contributed by atoms with E-state index in [0.29, 0.717) is 6.04 Å². The van der Waals surface area contributed by atoms with Crippen LogP contribution < -0.4 is 0 Å². The van der Waals surface area contributed by atoms with Crippen molar-refractivity contribution in [3.63, 3.8) is 0 Å². The molecule has 1 aromatic rings. The summed E-state index contributed by atoms with van der Waals surface area (Å²) in [4.78, 5) is 0. The van der Waals surface area contributed by atoms with E-state index in [0.717, 1.165) is 14.1 Å². The molecule has 2 rings (SSSR count). The molecule has 1 saturated carbocycles. The van der Waals surface area contributed by atoms with Gasteiger partial charge in [0.2, 0.25) is 0 Å². The zero-order valence-electron chi connectivity index (χ0n) is 8.21. The van der Waals surface area contributed by atoms with Crippen molar-refractivity contribution in [1.29, 1.82) is 0 Å². The number of nitrogens with zero attached hydrogens (tertiary/aromatic N) is 2. The van der Waals surface area contributed by atoms with Crippen molar-refractivity contribution >= 4 is 38.5 Å². The third kappa shape index (κ3) is 2.32. The summed E-state index contributed by atoms with van der Waals surface area (Å²) >= 11 is 5.77. The summed E-state index contributed by atoms with van der Waals surface area (Å²) in [5.41, 5.74) is 0. The first-order valence-corrected chi connectivity index (χ1v) is 6.94. The van der Waals surface area contributed by atoms with Gasteiger partial charge < -0.3 is 0 Å². The van der Waals surface area contributed by atoms with Gasteiger partial charge in [0.05, 0.1) is 10.5 Å². The number of rotatable bonds is 1. The minimum atomic E-state index is 0.624. The van der Waals surface area contributed by atoms with Crippen LogP contribution >= 0.6 is 38.5 Å². The van der Waals surface area contributed by atoms with Crippen molar-refractivity contribution in [2.45, 2.75) is 38.6 Å². The van der Waals surface area contributed by atoms with Crippen LogP contribution in [0.25, 0.3) is 0 Å². The summed E-state index contributed by atoms with van der Waals surface area (Å²) in [5, 5.41) is 4.52. The Morgan fingerprint density at radius 2 is 2.36 bits per heavy atom. The first kappa shape index (κ1) is 10.9. The van der Waals surface area contributed by atoms with Gasteiger partial charge in [0.15, 0.2) is 0 Å². The molecule has 4 heteroatoms. The fourth-order valence-electron chi connectivity index (χ4n) is 2.18. The van der Waals surface area contributed by atoms with E-state index in [9.17, 15) is 0 Å². The maximum Gasteiger partial charge on any atom is 0.137 e. The van der Waals surface area contributed by atoms with Crippen LogP contribution in [0.1, 0.15) is 38.6 Å². The van der Waals surface area contributed by atoms with Crippen LogP contribution in [0.4, 0.5) is 0 Å². The summed E-state index contributed by atoms with van der Waals surface area (Å²) in [6.45, 7) is 2.34. The molecule has 0 saturated heterocycles. The molecule has 2 unspecified atom stereocenters. The quantitative estimate of drug-likeness (QED) is 0.685. The van der Waals surface area contributed by atoms with Gasteiger partial charge in [-0.2, -0.15) is 5.10 Å². The zero-order chi connectivity index (χ0) is 10.1. The fraction of sp³-hybridized carbons (Fsp3) is 0.700. The average molecular weight is 369 g/mol. The largest absolute Gasteiger partial charge is 0.267 e. The van der Waals surface area contributed by atoms with Crippen molar-refractivity contribution in [2.75, 3.05) is 0 Å². The third-order valence-electron chi connectivity index (χ3n) is 2.93. The molecule has 1 heterocycles. The van der Waals surface area contributed by atoms with E-state index >= 15 is 0 Å². The molecule has 0 bridgehead atoms. The molecule has 1 aliphatic carbocycles. The highest BCUT2D eigenvalue weighted by Gasteiger charge is 2.21. The lowest BCUT2D eigenvalue weighted by atomic mass is 9.87. The lowest BCUT2D eigenvalue weighted by Gasteiger charge is -2.26. The molecule has 78 valence electrons. The molecule has 0 aliphatic heterocycles. The van der Waals surface area contributed by atoms with Gasteiger partial charge in [-0.15, -0.1) is 0 Å². The van der Waals surface area contributed by atoms with Crippen molar-refractivity contribution in [3.8, 4) is 0 Å². The normalized spacial score (nSPS) is 27.9. The second-order valence-electron chi connectivity index (χ2n) is 4.17. The van der Waals surface area contributed by atoms with Gasteiger partial charge in [-0.3, -0.25) is 4.68 Å². The van der Waals surface area contributed by atoms with Crippen molar-refractivity contribution < 1.29 is 0 Å². The molecule has 0 aromatic carbocycles. The Morgan fingerprint density at radius 1 is 1.57 bits per heavy atom. The second-order valence-corrected chi connectivity index (χ2v) is 6.05. The van der Waals surface area contributed by atoms with Gasteiger partial charge in [0, 0.05) is 6.20 Å². The van der Waals surface area contributed by atoms with Crippen molar-refractivity contribution in [1.82, 2.24) is 9.78 Å². The Hall–Kier alpha value is 0.420. The number of halogens is 2. The van der Waals surface area contributed by atoms with Gasteiger partial charge in [-0.25, -0.2) is 0 Å². The molecule has 14 heavy (non-hydrogen) atoms. The van der Waals surface area contributed by atoms with Crippen LogP contribution in [0.5, 0.6) is 0 Å². The van der Waals surface area contributed by atoms with Crippen molar-refractivity contribution in [2.24, 2.45) is 5.92 Å². The highest BCUT2D eigenvalue weighted by Crippen LogP contribution is 2.32. The monoisotopic (exact) mass is 368 g/mol. The van der Waals surface area contributed by atoms with Crippen LogP contribution in [0.2, 0.25) is 0 Å². The van der Waals surface area contributed by atoms with E-state index in [2.05, 4.69) is 61.4 Å². The smallest absolute Gasteiger partial charge is 0.137 e. The Morgan fingerprint density at radius 3 is 2.93 bits per heavy atom. The molecule has 1 aromatic heterocycles. The van der Waals surface area contributed by atoms with Gasteiger partial charge in [0.1, 0.15) is 3.70 Å². The Labute approximate surface area is 107 Å². The lowest BCUT2D eigenvalue weighted by Crippen LogP contribution is -2.18. The highest BCUT2D eigenvalue weighted by atomic mass is 127. The summed E-state index contributed by atoms with van der Waals surface area (Å²) in [6, 6.07) is 0.624. The topological polar surface area (TPSA) is 17.8 Å². The highest BCUT2D eigenvalue weighted by molar-refractivity contribution is 14.1. The van der Waals surface area contributed by atoms with Crippen LogP contribution in [0.15, 0.2) is 10.7 Å². The van der Waals surface area contributed by atoms with E-state index in [1.807, 2.05) is 0 Å². The molecular weight excluding hydrogens is 355 g/mol. The maximum atomic E-state index is 4.52. The molecule has 2 atom stereocenters. The standard InChI is InChI=1S/C10H14BrIN2/c1-7-3-2-4-8(5-7)14-6-9(11)10(12)13-14/h6-8H,2-5H2,1H3. The van der Waals surface area contributed by atoms with Gasteiger partial charge in [-0.05, 0) is 57.3 Å². The molecule has 1 fully saturated rings. The van der Waals surface area contributed by atoms with Gasteiger partial charge >= 0.3 is 0 Å². The van der Waals surface area contributed by atoms with Crippen LogP contribution in [-0.4, -0.2) is 9.78 Å². The molecule has 0 amide bonds.